The van der Waals surface area contributed by atoms with E-state index in [4.69, 9.17) is 0 Å². The molecule has 1 aromatic carbocycles. The molecule has 0 heterocycles. The summed E-state index contributed by atoms with van der Waals surface area (Å²) in [6.07, 6.45) is 1.46. The maximum Gasteiger partial charge on any atom is 0.138 e. The lowest BCUT2D eigenvalue weighted by Gasteiger charge is -2.16. The third-order valence-corrected chi connectivity index (χ3v) is 3.01. The normalized spacial score (nSPS) is 14.4. The Hall–Kier alpha value is -1.15. The molecule has 1 aromatic rings. The number of aliphatic hydroxyl groups excluding tert-OH is 1. The number of benzene rings is 1. The van der Waals surface area contributed by atoms with Crippen LogP contribution in [0, 0.1) is 5.92 Å². The summed E-state index contributed by atoms with van der Waals surface area (Å²) in [4.78, 5) is 11.4. The summed E-state index contributed by atoms with van der Waals surface area (Å²) in [6.45, 7) is 3.64. The van der Waals surface area contributed by atoms with Crippen LogP contribution in [0.1, 0.15) is 32.3 Å². The molecular weight excluding hydrogens is 200 g/mol. The predicted molar refractivity (Wildman–Crippen MR) is 65.2 cm³/mol. The number of carbonyl (C=O) groups excluding carboxylic acids is 1. The summed E-state index contributed by atoms with van der Waals surface area (Å²) in [5.74, 6) is -0.103. The molecule has 16 heavy (non-hydrogen) atoms. The van der Waals surface area contributed by atoms with Crippen LogP contribution in [0.4, 0.5) is 0 Å². The highest BCUT2D eigenvalue weighted by atomic mass is 16.3. The third-order valence-electron chi connectivity index (χ3n) is 3.01. The number of ketones is 1. The first-order valence-corrected chi connectivity index (χ1v) is 5.89. The van der Waals surface area contributed by atoms with Crippen molar-refractivity contribution in [3.8, 4) is 0 Å². The molecule has 0 unspecified atom stereocenters. The van der Waals surface area contributed by atoms with Gasteiger partial charge in [-0.1, -0.05) is 44.2 Å². The van der Waals surface area contributed by atoms with Gasteiger partial charge in [-0.2, -0.15) is 0 Å². The van der Waals surface area contributed by atoms with E-state index in [1.54, 1.807) is 0 Å². The summed E-state index contributed by atoms with van der Waals surface area (Å²) in [5, 5.41) is 9.86. The van der Waals surface area contributed by atoms with Crippen molar-refractivity contribution < 1.29 is 9.90 Å². The lowest BCUT2D eigenvalue weighted by molar-refractivity contribution is -0.125. The largest absolute Gasteiger partial charge is 0.392 e. The van der Waals surface area contributed by atoms with Gasteiger partial charge in [-0.25, -0.2) is 0 Å². The zero-order chi connectivity index (χ0) is 12.0. The molecule has 0 aliphatic carbocycles. The molecule has 0 aliphatic rings. The molecular formula is C14H20O2. The molecule has 0 spiro atoms. The molecule has 2 nitrogen and oxygen atoms in total. The minimum absolute atomic E-state index is 0.139. The second-order valence-corrected chi connectivity index (χ2v) is 4.20. The Morgan fingerprint density at radius 2 is 1.94 bits per heavy atom. The number of hydrogen-bond acceptors (Lipinski definition) is 2. The SMILES string of the molecule is CCC(=O)[C@H](C)[C@H](O)CCc1ccccc1. The highest BCUT2D eigenvalue weighted by molar-refractivity contribution is 5.80. The molecule has 2 heteroatoms. The van der Waals surface area contributed by atoms with E-state index in [0.29, 0.717) is 12.8 Å². The highest BCUT2D eigenvalue weighted by Gasteiger charge is 2.19. The Labute approximate surface area is 97.3 Å². The van der Waals surface area contributed by atoms with Gasteiger partial charge in [-0.05, 0) is 18.4 Å². The average Bonchev–Trinajstić information content (AvgIpc) is 2.35. The smallest absolute Gasteiger partial charge is 0.138 e. The number of hydrogen-bond donors (Lipinski definition) is 1. The topological polar surface area (TPSA) is 37.3 Å². The maximum atomic E-state index is 11.4. The van der Waals surface area contributed by atoms with Gasteiger partial charge in [0.1, 0.15) is 5.78 Å². The maximum absolute atomic E-state index is 11.4. The van der Waals surface area contributed by atoms with Gasteiger partial charge in [0.15, 0.2) is 0 Å². The summed E-state index contributed by atoms with van der Waals surface area (Å²) in [5.41, 5.74) is 1.21. The molecule has 2 atom stereocenters. The van der Waals surface area contributed by atoms with Gasteiger partial charge in [0.05, 0.1) is 6.10 Å². The monoisotopic (exact) mass is 220 g/mol. The molecule has 0 radical (unpaired) electrons. The molecule has 0 saturated heterocycles. The van der Waals surface area contributed by atoms with Gasteiger partial charge >= 0.3 is 0 Å². The van der Waals surface area contributed by atoms with E-state index >= 15 is 0 Å². The molecule has 1 N–H and O–H groups in total. The molecule has 0 amide bonds. The molecule has 0 fully saturated rings. The van der Waals surface area contributed by atoms with Crippen molar-refractivity contribution in [3.63, 3.8) is 0 Å². The van der Waals surface area contributed by atoms with E-state index in [0.717, 1.165) is 6.42 Å². The molecule has 0 saturated carbocycles. The molecule has 0 aromatic heterocycles. The van der Waals surface area contributed by atoms with Crippen molar-refractivity contribution in [1.82, 2.24) is 0 Å². The van der Waals surface area contributed by atoms with E-state index in [9.17, 15) is 9.90 Å². The Morgan fingerprint density at radius 1 is 1.31 bits per heavy atom. The number of rotatable bonds is 6. The standard InChI is InChI=1S/C14H20O2/c1-3-13(15)11(2)14(16)10-9-12-7-5-4-6-8-12/h4-8,11,14,16H,3,9-10H2,1-2H3/t11-,14+/m0/s1. The van der Waals surface area contributed by atoms with Crippen LogP contribution in [0.2, 0.25) is 0 Å². The lowest BCUT2D eigenvalue weighted by atomic mass is 9.93. The van der Waals surface area contributed by atoms with Crippen LogP contribution in [-0.4, -0.2) is 17.0 Å². The second-order valence-electron chi connectivity index (χ2n) is 4.20. The van der Waals surface area contributed by atoms with Gasteiger partial charge < -0.3 is 5.11 Å². The van der Waals surface area contributed by atoms with Crippen LogP contribution in [0.3, 0.4) is 0 Å². The van der Waals surface area contributed by atoms with Crippen molar-refractivity contribution in [2.45, 2.75) is 39.2 Å². The van der Waals surface area contributed by atoms with Crippen molar-refractivity contribution in [1.29, 1.82) is 0 Å². The van der Waals surface area contributed by atoms with Gasteiger partial charge in [0, 0.05) is 12.3 Å². The number of Topliss-reactive ketones (excluding diaryl/α,β-unsaturated/α-hetero) is 1. The zero-order valence-corrected chi connectivity index (χ0v) is 10.0. The van der Waals surface area contributed by atoms with Crippen molar-refractivity contribution in [2.24, 2.45) is 5.92 Å². The fourth-order valence-corrected chi connectivity index (χ4v) is 1.75. The van der Waals surface area contributed by atoms with Crippen molar-refractivity contribution in [3.05, 3.63) is 35.9 Å². The molecule has 0 bridgehead atoms. The Morgan fingerprint density at radius 3 is 2.50 bits per heavy atom. The first kappa shape index (κ1) is 12.9. The number of aliphatic hydroxyl groups is 1. The van der Waals surface area contributed by atoms with Crippen LogP contribution in [-0.2, 0) is 11.2 Å². The highest BCUT2D eigenvalue weighted by Crippen LogP contribution is 2.13. The van der Waals surface area contributed by atoms with E-state index < -0.39 is 6.10 Å². The summed E-state index contributed by atoms with van der Waals surface area (Å²) >= 11 is 0. The van der Waals surface area contributed by atoms with Crippen LogP contribution in [0.15, 0.2) is 30.3 Å². The number of carbonyl (C=O) groups is 1. The van der Waals surface area contributed by atoms with E-state index in [1.807, 2.05) is 44.2 Å². The van der Waals surface area contributed by atoms with E-state index in [2.05, 4.69) is 0 Å². The van der Waals surface area contributed by atoms with Crippen molar-refractivity contribution >= 4 is 5.78 Å². The zero-order valence-electron chi connectivity index (χ0n) is 10.0. The van der Waals surface area contributed by atoms with Gasteiger partial charge in [0.25, 0.3) is 0 Å². The van der Waals surface area contributed by atoms with Crippen LogP contribution in [0.5, 0.6) is 0 Å². The quantitative estimate of drug-likeness (QED) is 0.800. The minimum atomic E-state index is -0.521. The van der Waals surface area contributed by atoms with E-state index in [-0.39, 0.29) is 11.7 Å². The number of aryl methyl sites for hydroxylation is 1. The van der Waals surface area contributed by atoms with E-state index in [1.165, 1.54) is 5.56 Å². The fraction of sp³-hybridized carbons (Fsp3) is 0.500. The van der Waals surface area contributed by atoms with Crippen LogP contribution < -0.4 is 0 Å². The van der Waals surface area contributed by atoms with Gasteiger partial charge in [-0.15, -0.1) is 0 Å². The summed E-state index contributed by atoms with van der Waals surface area (Å²) in [6, 6.07) is 10.0. The first-order valence-electron chi connectivity index (χ1n) is 5.89. The summed E-state index contributed by atoms with van der Waals surface area (Å²) in [7, 11) is 0. The fourth-order valence-electron chi connectivity index (χ4n) is 1.75. The van der Waals surface area contributed by atoms with Crippen molar-refractivity contribution in [2.75, 3.05) is 0 Å². The van der Waals surface area contributed by atoms with Crippen LogP contribution in [0.25, 0.3) is 0 Å². The molecule has 1 rings (SSSR count). The van der Waals surface area contributed by atoms with Gasteiger partial charge in [0.2, 0.25) is 0 Å². The molecule has 0 aliphatic heterocycles. The summed E-state index contributed by atoms with van der Waals surface area (Å²) < 4.78 is 0. The van der Waals surface area contributed by atoms with Crippen LogP contribution >= 0.6 is 0 Å². The minimum Gasteiger partial charge on any atom is -0.392 e. The Kier molecular flexibility index (Phi) is 5.20. The predicted octanol–water partition coefficient (Wildman–Crippen LogP) is 2.60. The Balaban J connectivity index is 2.41. The molecule has 88 valence electrons. The first-order chi connectivity index (χ1) is 7.65. The third kappa shape index (κ3) is 3.78. The lowest BCUT2D eigenvalue weighted by Crippen LogP contribution is -2.25. The van der Waals surface area contributed by atoms with Gasteiger partial charge in [-0.3, -0.25) is 4.79 Å². The Bertz CT molecular complexity index is 319. The second kappa shape index (κ2) is 6.44. The average molecular weight is 220 g/mol.